The topological polar surface area (TPSA) is 52.1 Å². The van der Waals surface area contributed by atoms with Crippen molar-refractivity contribution < 1.29 is 9.53 Å². The minimum atomic E-state index is -0.260. The number of nitrogens with zero attached hydrogens (tertiary/aromatic N) is 2. The average Bonchev–Trinajstić information content (AvgIpc) is 3.05. The third kappa shape index (κ3) is 3.85. The van der Waals surface area contributed by atoms with Gasteiger partial charge >= 0.3 is 5.97 Å². The molecule has 0 aliphatic heterocycles. The van der Waals surface area contributed by atoms with Gasteiger partial charge in [0, 0.05) is 10.9 Å². The van der Waals surface area contributed by atoms with E-state index in [-0.39, 0.29) is 11.2 Å². The molecule has 2 heterocycles. The van der Waals surface area contributed by atoms with Crippen molar-refractivity contribution in [3.05, 3.63) is 41.5 Å². The highest BCUT2D eigenvalue weighted by Crippen LogP contribution is 2.39. The molecule has 1 atom stereocenters. The molecule has 0 amide bonds. The zero-order chi connectivity index (χ0) is 17.8. The molecule has 25 heavy (non-hydrogen) atoms. The maximum Gasteiger partial charge on any atom is 0.319 e. The Kier molecular flexibility index (Phi) is 5.71. The van der Waals surface area contributed by atoms with Gasteiger partial charge in [-0.3, -0.25) is 4.79 Å². The van der Waals surface area contributed by atoms with Crippen LogP contribution >= 0.6 is 23.1 Å². The summed E-state index contributed by atoms with van der Waals surface area (Å²) in [6.07, 6.45) is 2.26. The Hall–Kier alpha value is -1.92. The van der Waals surface area contributed by atoms with Crippen molar-refractivity contribution in [3.8, 4) is 11.1 Å². The lowest BCUT2D eigenvalue weighted by atomic mass is 10.1. The summed E-state index contributed by atoms with van der Waals surface area (Å²) in [5.74, 6) is -0.186. The molecular formula is C19H20N2O2S2. The molecular weight excluding hydrogens is 352 g/mol. The first-order valence-corrected chi connectivity index (χ1v) is 10.0. The Bertz CT molecular complexity index is 875. The Labute approximate surface area is 155 Å². The van der Waals surface area contributed by atoms with Gasteiger partial charge in [0.25, 0.3) is 0 Å². The van der Waals surface area contributed by atoms with Crippen molar-refractivity contribution in [1.29, 1.82) is 0 Å². The first-order chi connectivity index (χ1) is 12.1. The number of thiophene rings is 1. The minimum absolute atomic E-state index is 0.186. The van der Waals surface area contributed by atoms with Crippen LogP contribution in [0.3, 0.4) is 0 Å². The summed E-state index contributed by atoms with van der Waals surface area (Å²) in [6.45, 7) is 6.28. The number of aryl methyl sites for hydroxylation is 1. The molecule has 0 fully saturated rings. The lowest BCUT2D eigenvalue weighted by Crippen LogP contribution is -2.19. The molecule has 3 aromatic rings. The first-order valence-electron chi connectivity index (χ1n) is 8.26. The average molecular weight is 373 g/mol. The Balaban J connectivity index is 2.02. The van der Waals surface area contributed by atoms with Crippen LogP contribution in [0, 0.1) is 6.92 Å². The number of carbonyl (C=O) groups is 1. The summed E-state index contributed by atoms with van der Waals surface area (Å²) in [4.78, 5) is 22.0. The van der Waals surface area contributed by atoms with Gasteiger partial charge in [0.15, 0.2) is 0 Å². The second kappa shape index (κ2) is 7.97. The van der Waals surface area contributed by atoms with Crippen LogP contribution < -0.4 is 0 Å². The quantitative estimate of drug-likeness (QED) is 0.342. The van der Waals surface area contributed by atoms with Crippen molar-refractivity contribution in [2.75, 3.05) is 6.61 Å². The normalized spacial score (nSPS) is 12.3. The van der Waals surface area contributed by atoms with E-state index in [1.807, 2.05) is 13.8 Å². The van der Waals surface area contributed by atoms with Crippen LogP contribution in [0.4, 0.5) is 0 Å². The van der Waals surface area contributed by atoms with Crippen LogP contribution in [0.2, 0.25) is 0 Å². The van der Waals surface area contributed by atoms with E-state index < -0.39 is 0 Å². The Morgan fingerprint density at radius 1 is 1.24 bits per heavy atom. The first kappa shape index (κ1) is 17.9. The highest BCUT2D eigenvalue weighted by atomic mass is 32.2. The van der Waals surface area contributed by atoms with Crippen LogP contribution in [0.15, 0.2) is 41.0 Å². The molecule has 0 N–H and O–H groups in total. The summed E-state index contributed by atoms with van der Waals surface area (Å²) in [7, 11) is 0. The van der Waals surface area contributed by atoms with E-state index in [0.29, 0.717) is 13.0 Å². The van der Waals surface area contributed by atoms with Crippen molar-refractivity contribution in [2.24, 2.45) is 0 Å². The van der Waals surface area contributed by atoms with Gasteiger partial charge in [0.2, 0.25) is 0 Å². The minimum Gasteiger partial charge on any atom is -0.465 e. The summed E-state index contributed by atoms with van der Waals surface area (Å²) >= 11 is 3.06. The van der Waals surface area contributed by atoms with Gasteiger partial charge in [-0.1, -0.05) is 48.5 Å². The number of aromatic nitrogens is 2. The number of ether oxygens (including phenoxy) is 1. The van der Waals surface area contributed by atoms with E-state index in [1.54, 1.807) is 17.7 Å². The lowest BCUT2D eigenvalue weighted by molar-refractivity contribution is -0.142. The molecule has 2 aromatic heterocycles. The molecule has 3 rings (SSSR count). The number of hydrogen-bond acceptors (Lipinski definition) is 6. The van der Waals surface area contributed by atoms with Crippen molar-refractivity contribution in [3.63, 3.8) is 0 Å². The molecule has 0 unspecified atom stereocenters. The van der Waals surface area contributed by atoms with Crippen molar-refractivity contribution in [1.82, 2.24) is 9.97 Å². The molecule has 0 aliphatic rings. The predicted octanol–water partition coefficient (Wildman–Crippen LogP) is 5.10. The number of fused-ring (bicyclic) bond motifs is 1. The fourth-order valence-corrected chi connectivity index (χ4v) is 4.56. The summed E-state index contributed by atoms with van der Waals surface area (Å²) in [5, 5.41) is 3.70. The van der Waals surface area contributed by atoms with E-state index in [9.17, 15) is 4.79 Å². The molecule has 130 valence electrons. The largest absolute Gasteiger partial charge is 0.465 e. The van der Waals surface area contributed by atoms with Gasteiger partial charge in [-0.15, -0.1) is 11.3 Å². The monoisotopic (exact) mass is 372 g/mol. The Morgan fingerprint density at radius 2 is 2.00 bits per heavy atom. The number of carbonyl (C=O) groups excluding carboxylic acids is 1. The van der Waals surface area contributed by atoms with E-state index in [4.69, 9.17) is 4.74 Å². The number of esters is 1. The summed E-state index contributed by atoms with van der Waals surface area (Å²) in [5.41, 5.74) is 3.47. The molecule has 0 radical (unpaired) electrons. The fraction of sp³-hybridized carbons (Fsp3) is 0.316. The predicted molar refractivity (Wildman–Crippen MR) is 104 cm³/mol. The van der Waals surface area contributed by atoms with Crippen LogP contribution in [-0.2, 0) is 9.53 Å². The van der Waals surface area contributed by atoms with E-state index in [2.05, 4.69) is 46.5 Å². The molecule has 0 saturated heterocycles. The molecule has 6 heteroatoms. The van der Waals surface area contributed by atoms with Gasteiger partial charge in [-0.2, -0.15) is 0 Å². The molecule has 0 aliphatic carbocycles. The number of benzene rings is 1. The van der Waals surface area contributed by atoms with Gasteiger partial charge < -0.3 is 4.74 Å². The molecule has 4 nitrogen and oxygen atoms in total. The second-order valence-electron chi connectivity index (χ2n) is 5.64. The third-order valence-electron chi connectivity index (χ3n) is 3.87. The molecule has 1 aromatic carbocycles. The van der Waals surface area contributed by atoms with Gasteiger partial charge in [0.05, 0.1) is 12.0 Å². The number of rotatable bonds is 6. The zero-order valence-corrected chi connectivity index (χ0v) is 16.1. The molecule has 0 saturated carbocycles. The number of hydrogen-bond donors (Lipinski definition) is 0. The van der Waals surface area contributed by atoms with E-state index >= 15 is 0 Å². The Morgan fingerprint density at radius 3 is 2.68 bits per heavy atom. The maximum atomic E-state index is 12.2. The second-order valence-corrected chi connectivity index (χ2v) is 7.69. The standard InChI is InChI=1S/C19H20N2O2S2/c1-4-15(19(22)23-5-2)25-18-16-14(10-24-17(16)20-11-21-18)13-8-6-12(3)7-9-13/h6-11,15H,4-5H2,1-3H3/t15-/m0/s1. The maximum absolute atomic E-state index is 12.2. The van der Waals surface area contributed by atoms with Crippen molar-refractivity contribution >= 4 is 39.3 Å². The summed E-state index contributed by atoms with van der Waals surface area (Å²) in [6, 6.07) is 8.42. The third-order valence-corrected chi connectivity index (χ3v) is 6.10. The fourth-order valence-electron chi connectivity index (χ4n) is 2.55. The van der Waals surface area contributed by atoms with E-state index in [1.165, 1.54) is 17.3 Å². The van der Waals surface area contributed by atoms with Crippen LogP contribution in [-0.4, -0.2) is 27.8 Å². The summed E-state index contributed by atoms with van der Waals surface area (Å²) < 4.78 is 5.19. The van der Waals surface area contributed by atoms with Crippen molar-refractivity contribution in [2.45, 2.75) is 37.5 Å². The lowest BCUT2D eigenvalue weighted by Gasteiger charge is -2.13. The van der Waals surface area contributed by atoms with Crippen LogP contribution in [0.1, 0.15) is 25.8 Å². The van der Waals surface area contributed by atoms with E-state index in [0.717, 1.165) is 26.4 Å². The van der Waals surface area contributed by atoms with Gasteiger partial charge in [-0.25, -0.2) is 9.97 Å². The number of thioether (sulfide) groups is 1. The SMILES string of the molecule is CCOC(=O)[C@H](CC)Sc1ncnc2scc(-c3ccc(C)cc3)c12. The zero-order valence-electron chi connectivity index (χ0n) is 14.5. The van der Waals surface area contributed by atoms with Crippen LogP contribution in [0.5, 0.6) is 0 Å². The highest BCUT2D eigenvalue weighted by molar-refractivity contribution is 8.00. The molecule has 0 spiro atoms. The van der Waals surface area contributed by atoms with Gasteiger partial charge in [0.1, 0.15) is 21.4 Å². The smallest absolute Gasteiger partial charge is 0.319 e. The molecule has 0 bridgehead atoms. The highest BCUT2D eigenvalue weighted by Gasteiger charge is 2.22. The van der Waals surface area contributed by atoms with Gasteiger partial charge in [-0.05, 0) is 25.8 Å². The van der Waals surface area contributed by atoms with Crippen LogP contribution in [0.25, 0.3) is 21.3 Å².